The molecule has 1 aliphatic heterocycles. The molecule has 8 heteroatoms. The predicted octanol–water partition coefficient (Wildman–Crippen LogP) is 2.48. The monoisotopic (exact) mass is 426 g/mol. The summed E-state index contributed by atoms with van der Waals surface area (Å²) in [6.45, 7) is 1.61. The summed E-state index contributed by atoms with van der Waals surface area (Å²) < 4.78 is 15.7. The van der Waals surface area contributed by atoms with Crippen LogP contribution in [0.5, 0.6) is 11.5 Å². The van der Waals surface area contributed by atoms with Gasteiger partial charge in [-0.2, -0.15) is 0 Å². The van der Waals surface area contributed by atoms with E-state index in [-0.39, 0.29) is 24.9 Å². The number of nitrogens with zero attached hydrogens (tertiary/aromatic N) is 1. The van der Waals surface area contributed by atoms with Crippen LogP contribution in [0, 0.1) is 5.92 Å². The lowest BCUT2D eigenvalue weighted by Gasteiger charge is -2.20. The molecular weight excluding hydrogens is 400 g/mol. The highest BCUT2D eigenvalue weighted by molar-refractivity contribution is 6.00. The molecule has 0 unspecified atom stereocenters. The van der Waals surface area contributed by atoms with Crippen LogP contribution in [0.4, 0.5) is 5.69 Å². The van der Waals surface area contributed by atoms with Crippen molar-refractivity contribution in [1.82, 2.24) is 5.32 Å². The first-order valence-electron chi connectivity index (χ1n) is 9.96. The molecule has 2 amide bonds. The minimum absolute atomic E-state index is 0.00997. The van der Waals surface area contributed by atoms with Crippen LogP contribution in [0.15, 0.2) is 48.5 Å². The molecule has 1 N–H and O–H groups in total. The van der Waals surface area contributed by atoms with Gasteiger partial charge in [0.2, 0.25) is 5.91 Å². The summed E-state index contributed by atoms with van der Waals surface area (Å²) in [4.78, 5) is 38.6. The Morgan fingerprint density at radius 3 is 2.55 bits per heavy atom. The number of carbonyl (C=O) groups excluding carboxylic acids is 3. The maximum Gasteiger partial charge on any atom is 0.311 e. The molecule has 2 atom stereocenters. The molecule has 0 saturated carbocycles. The SMILES string of the molecule is COc1ccc(N2C[C@H](C(=O)OCC(=O)N[C@H](C)c3ccccc3)CC2=O)c(OC)c1. The Bertz CT molecular complexity index is 946. The number of ether oxygens (including phenoxy) is 3. The lowest BCUT2D eigenvalue weighted by molar-refractivity contribution is -0.152. The largest absolute Gasteiger partial charge is 0.497 e. The van der Waals surface area contributed by atoms with E-state index in [1.807, 2.05) is 37.3 Å². The second-order valence-corrected chi connectivity index (χ2v) is 7.25. The van der Waals surface area contributed by atoms with E-state index in [0.717, 1.165) is 5.56 Å². The van der Waals surface area contributed by atoms with Crippen LogP contribution in [-0.2, 0) is 19.1 Å². The van der Waals surface area contributed by atoms with Crippen molar-refractivity contribution in [3.8, 4) is 11.5 Å². The van der Waals surface area contributed by atoms with Crippen LogP contribution >= 0.6 is 0 Å². The Balaban J connectivity index is 1.55. The highest BCUT2D eigenvalue weighted by Crippen LogP contribution is 2.36. The van der Waals surface area contributed by atoms with Gasteiger partial charge < -0.3 is 24.4 Å². The van der Waals surface area contributed by atoms with Crippen LogP contribution in [0.1, 0.15) is 24.9 Å². The van der Waals surface area contributed by atoms with Gasteiger partial charge in [0.05, 0.1) is 31.9 Å². The third kappa shape index (κ3) is 5.33. The summed E-state index contributed by atoms with van der Waals surface area (Å²) >= 11 is 0. The smallest absolute Gasteiger partial charge is 0.311 e. The van der Waals surface area contributed by atoms with Gasteiger partial charge in [-0.05, 0) is 24.6 Å². The van der Waals surface area contributed by atoms with E-state index < -0.39 is 24.4 Å². The molecule has 0 aliphatic carbocycles. The number of hydrogen-bond acceptors (Lipinski definition) is 6. The zero-order valence-electron chi connectivity index (χ0n) is 17.8. The van der Waals surface area contributed by atoms with Gasteiger partial charge in [0, 0.05) is 19.0 Å². The van der Waals surface area contributed by atoms with E-state index in [2.05, 4.69) is 5.32 Å². The molecule has 3 rings (SSSR count). The number of benzene rings is 2. The van der Waals surface area contributed by atoms with E-state index >= 15 is 0 Å². The van der Waals surface area contributed by atoms with Gasteiger partial charge in [-0.15, -0.1) is 0 Å². The Labute approximate surface area is 181 Å². The second kappa shape index (κ2) is 9.97. The van der Waals surface area contributed by atoms with Gasteiger partial charge >= 0.3 is 5.97 Å². The number of esters is 1. The number of amides is 2. The maximum absolute atomic E-state index is 12.5. The maximum atomic E-state index is 12.5. The third-order valence-corrected chi connectivity index (χ3v) is 5.16. The quantitative estimate of drug-likeness (QED) is 0.652. The molecule has 31 heavy (non-hydrogen) atoms. The van der Waals surface area contributed by atoms with Crippen LogP contribution in [0.2, 0.25) is 0 Å². The first-order valence-corrected chi connectivity index (χ1v) is 9.96. The molecule has 1 fully saturated rings. The van der Waals surface area contributed by atoms with Gasteiger partial charge in [-0.1, -0.05) is 30.3 Å². The lowest BCUT2D eigenvalue weighted by Crippen LogP contribution is -2.32. The topological polar surface area (TPSA) is 94.2 Å². The highest BCUT2D eigenvalue weighted by Gasteiger charge is 2.37. The van der Waals surface area contributed by atoms with Crippen LogP contribution < -0.4 is 19.7 Å². The normalized spacial score (nSPS) is 16.5. The minimum Gasteiger partial charge on any atom is -0.497 e. The van der Waals surface area contributed by atoms with Crippen LogP contribution in [-0.4, -0.2) is 45.2 Å². The molecule has 164 valence electrons. The summed E-state index contributed by atoms with van der Waals surface area (Å²) in [7, 11) is 3.04. The van der Waals surface area contributed by atoms with Gasteiger partial charge in [-0.3, -0.25) is 14.4 Å². The van der Waals surface area contributed by atoms with Crippen molar-refractivity contribution in [1.29, 1.82) is 0 Å². The standard InChI is InChI=1S/C23H26N2O6/c1-15(16-7-5-4-6-8-16)24-21(26)14-31-23(28)17-11-22(27)25(13-17)19-10-9-18(29-2)12-20(19)30-3/h4-10,12,15,17H,11,13-14H2,1-3H3,(H,24,26)/t15-,17-/m1/s1. The zero-order chi connectivity index (χ0) is 22.4. The van der Waals surface area contributed by atoms with Crippen molar-refractivity contribution in [3.63, 3.8) is 0 Å². The Morgan fingerprint density at radius 1 is 1.13 bits per heavy atom. The number of anilines is 1. The van der Waals surface area contributed by atoms with E-state index in [4.69, 9.17) is 14.2 Å². The molecule has 0 bridgehead atoms. The number of nitrogens with one attached hydrogen (secondary N) is 1. The lowest BCUT2D eigenvalue weighted by atomic mass is 10.1. The molecule has 1 heterocycles. The zero-order valence-corrected chi connectivity index (χ0v) is 17.8. The number of methoxy groups -OCH3 is 2. The van der Waals surface area contributed by atoms with E-state index in [0.29, 0.717) is 17.2 Å². The first kappa shape index (κ1) is 22.1. The second-order valence-electron chi connectivity index (χ2n) is 7.25. The van der Waals surface area contributed by atoms with E-state index in [1.54, 1.807) is 18.2 Å². The van der Waals surface area contributed by atoms with Crippen molar-refractivity contribution >= 4 is 23.5 Å². The Hall–Kier alpha value is -3.55. The van der Waals surface area contributed by atoms with Crippen LogP contribution in [0.3, 0.4) is 0 Å². The Morgan fingerprint density at radius 2 is 1.87 bits per heavy atom. The van der Waals surface area contributed by atoms with Crippen molar-refractivity contribution in [3.05, 3.63) is 54.1 Å². The number of carbonyl (C=O) groups is 3. The van der Waals surface area contributed by atoms with E-state index in [9.17, 15) is 14.4 Å². The minimum atomic E-state index is -0.654. The van der Waals surface area contributed by atoms with E-state index in [1.165, 1.54) is 19.1 Å². The molecule has 8 nitrogen and oxygen atoms in total. The fraction of sp³-hybridized carbons (Fsp3) is 0.348. The predicted molar refractivity (Wildman–Crippen MR) is 114 cm³/mol. The van der Waals surface area contributed by atoms with Gasteiger partial charge in [0.15, 0.2) is 6.61 Å². The van der Waals surface area contributed by atoms with Crippen molar-refractivity contribution in [2.24, 2.45) is 5.92 Å². The van der Waals surface area contributed by atoms with Crippen molar-refractivity contribution < 1.29 is 28.6 Å². The summed E-state index contributed by atoms with van der Waals surface area (Å²) in [6.07, 6.45) is 0.00997. The van der Waals surface area contributed by atoms with Crippen LogP contribution in [0.25, 0.3) is 0 Å². The summed E-state index contributed by atoms with van der Waals surface area (Å²) in [5.74, 6) is -0.783. The van der Waals surface area contributed by atoms with Crippen molar-refractivity contribution in [2.45, 2.75) is 19.4 Å². The molecular formula is C23H26N2O6. The summed E-state index contributed by atoms with van der Waals surface area (Å²) in [5, 5.41) is 2.79. The fourth-order valence-corrected chi connectivity index (χ4v) is 3.47. The summed E-state index contributed by atoms with van der Waals surface area (Å²) in [5.41, 5.74) is 1.51. The number of hydrogen-bond donors (Lipinski definition) is 1. The molecule has 0 radical (unpaired) electrons. The van der Waals surface area contributed by atoms with Crippen molar-refractivity contribution in [2.75, 3.05) is 32.3 Å². The summed E-state index contributed by atoms with van der Waals surface area (Å²) in [6, 6.07) is 14.4. The number of rotatable bonds is 8. The molecule has 1 saturated heterocycles. The average Bonchev–Trinajstić information content (AvgIpc) is 3.18. The molecule has 2 aromatic rings. The Kier molecular flexibility index (Phi) is 7.12. The van der Waals surface area contributed by atoms with Gasteiger partial charge in [0.1, 0.15) is 11.5 Å². The van der Waals surface area contributed by atoms with Gasteiger partial charge in [-0.25, -0.2) is 0 Å². The highest BCUT2D eigenvalue weighted by atomic mass is 16.5. The first-order chi connectivity index (χ1) is 14.9. The molecule has 2 aromatic carbocycles. The molecule has 1 aliphatic rings. The molecule has 0 aromatic heterocycles. The molecule has 0 spiro atoms. The average molecular weight is 426 g/mol. The van der Waals surface area contributed by atoms with Gasteiger partial charge in [0.25, 0.3) is 5.91 Å². The third-order valence-electron chi connectivity index (χ3n) is 5.16. The fourth-order valence-electron chi connectivity index (χ4n) is 3.47.